The van der Waals surface area contributed by atoms with Crippen LogP contribution in [-0.4, -0.2) is 53.8 Å². The van der Waals surface area contributed by atoms with Gasteiger partial charge < -0.3 is 19.5 Å². The zero-order valence-electron chi connectivity index (χ0n) is 11.4. The van der Waals surface area contributed by atoms with Gasteiger partial charge in [-0.25, -0.2) is 9.78 Å². The minimum absolute atomic E-state index is 0.0260. The Morgan fingerprint density at radius 2 is 2.26 bits per heavy atom. The molecular weight excluding hydrogens is 244 g/mol. The van der Waals surface area contributed by atoms with Crippen molar-refractivity contribution < 1.29 is 9.53 Å². The average molecular weight is 266 g/mol. The summed E-state index contributed by atoms with van der Waals surface area (Å²) < 4.78 is 7.02. The molecule has 0 atom stereocenters. The molecule has 0 spiro atoms. The fourth-order valence-corrected chi connectivity index (χ4v) is 2.38. The van der Waals surface area contributed by atoms with Crippen molar-refractivity contribution in [1.82, 2.24) is 19.8 Å². The van der Waals surface area contributed by atoms with Crippen LogP contribution in [0, 0.1) is 5.92 Å². The number of piperidine rings is 1. The topological polar surface area (TPSA) is 59.4 Å². The number of carbonyl (C=O) groups excluding carboxylic acids is 1. The number of methoxy groups -OCH3 is 1. The van der Waals surface area contributed by atoms with E-state index in [4.69, 9.17) is 4.74 Å². The zero-order valence-corrected chi connectivity index (χ0v) is 11.4. The molecule has 6 heteroatoms. The van der Waals surface area contributed by atoms with Crippen molar-refractivity contribution in [2.75, 3.05) is 33.4 Å². The van der Waals surface area contributed by atoms with E-state index in [2.05, 4.69) is 14.9 Å². The predicted octanol–water partition coefficient (Wildman–Crippen LogP) is 0.951. The number of likely N-dealkylation sites (tertiary alicyclic amines) is 1. The number of rotatable bonds is 5. The molecule has 1 N–H and O–H groups in total. The lowest BCUT2D eigenvalue weighted by molar-refractivity contribution is 0.158. The first-order chi connectivity index (χ1) is 9.29. The molecule has 1 aliphatic rings. The molecule has 19 heavy (non-hydrogen) atoms. The number of amides is 2. The number of nitrogens with zero attached hydrogens (tertiary/aromatic N) is 3. The summed E-state index contributed by atoms with van der Waals surface area (Å²) in [5, 5.41) is 2.86. The Labute approximate surface area is 113 Å². The molecule has 1 fully saturated rings. The number of aromatic nitrogens is 2. The van der Waals surface area contributed by atoms with Crippen LogP contribution in [0.15, 0.2) is 18.7 Å². The van der Waals surface area contributed by atoms with Crippen LogP contribution < -0.4 is 5.32 Å². The van der Waals surface area contributed by atoms with Gasteiger partial charge in [-0.15, -0.1) is 0 Å². The Bertz CT molecular complexity index is 372. The SMILES string of the molecule is COCCNC(=O)N1CCC(Cn2ccnc2)CC1. The van der Waals surface area contributed by atoms with Gasteiger partial charge in [-0.3, -0.25) is 0 Å². The molecular formula is C13H22N4O2. The van der Waals surface area contributed by atoms with Gasteiger partial charge in [-0.2, -0.15) is 0 Å². The van der Waals surface area contributed by atoms with Gasteiger partial charge in [0.15, 0.2) is 0 Å². The number of imidazole rings is 1. The fraction of sp³-hybridized carbons (Fsp3) is 0.692. The lowest BCUT2D eigenvalue weighted by Gasteiger charge is -2.32. The van der Waals surface area contributed by atoms with Crippen LogP contribution in [0.1, 0.15) is 12.8 Å². The third kappa shape index (κ3) is 4.24. The number of ether oxygens (including phenoxy) is 1. The highest BCUT2D eigenvalue weighted by Gasteiger charge is 2.22. The first kappa shape index (κ1) is 13.9. The summed E-state index contributed by atoms with van der Waals surface area (Å²) >= 11 is 0. The molecule has 1 aliphatic heterocycles. The molecule has 2 rings (SSSR count). The van der Waals surface area contributed by atoms with E-state index in [0.29, 0.717) is 19.1 Å². The Hall–Kier alpha value is -1.56. The third-order valence-corrected chi connectivity index (χ3v) is 3.51. The largest absolute Gasteiger partial charge is 0.383 e. The van der Waals surface area contributed by atoms with Crippen LogP contribution in [0.25, 0.3) is 0 Å². The molecule has 1 aromatic rings. The van der Waals surface area contributed by atoms with Gasteiger partial charge in [-0.05, 0) is 18.8 Å². The highest BCUT2D eigenvalue weighted by molar-refractivity contribution is 5.74. The van der Waals surface area contributed by atoms with Crippen LogP contribution in [0.2, 0.25) is 0 Å². The summed E-state index contributed by atoms with van der Waals surface area (Å²) in [4.78, 5) is 17.8. The van der Waals surface area contributed by atoms with E-state index in [1.807, 2.05) is 17.4 Å². The minimum Gasteiger partial charge on any atom is -0.383 e. The minimum atomic E-state index is 0.0260. The Kier molecular flexibility index (Phi) is 5.20. The van der Waals surface area contributed by atoms with E-state index < -0.39 is 0 Å². The van der Waals surface area contributed by atoms with Gasteiger partial charge in [0.25, 0.3) is 0 Å². The molecule has 0 aliphatic carbocycles. The van der Waals surface area contributed by atoms with Gasteiger partial charge in [0.05, 0.1) is 12.9 Å². The second-order valence-corrected chi connectivity index (χ2v) is 4.91. The lowest BCUT2D eigenvalue weighted by Crippen LogP contribution is -2.45. The number of carbonyl (C=O) groups is 1. The normalized spacial score (nSPS) is 16.6. The van der Waals surface area contributed by atoms with Gasteiger partial charge in [-0.1, -0.05) is 0 Å². The first-order valence-electron chi connectivity index (χ1n) is 6.77. The zero-order chi connectivity index (χ0) is 13.5. The standard InChI is InChI=1S/C13H22N4O2/c1-19-9-5-15-13(18)17-6-2-12(3-7-17)10-16-8-4-14-11-16/h4,8,11-12H,2-3,5-7,9-10H2,1H3,(H,15,18). The maximum absolute atomic E-state index is 11.8. The second-order valence-electron chi connectivity index (χ2n) is 4.91. The second kappa shape index (κ2) is 7.13. The monoisotopic (exact) mass is 266 g/mol. The molecule has 0 unspecified atom stereocenters. The predicted molar refractivity (Wildman–Crippen MR) is 71.8 cm³/mol. The van der Waals surface area contributed by atoms with Crippen molar-refractivity contribution in [3.05, 3.63) is 18.7 Å². The average Bonchev–Trinajstić information content (AvgIpc) is 2.93. The quantitative estimate of drug-likeness (QED) is 0.807. The summed E-state index contributed by atoms with van der Waals surface area (Å²) in [7, 11) is 1.63. The molecule has 1 saturated heterocycles. The first-order valence-corrected chi connectivity index (χ1v) is 6.77. The van der Waals surface area contributed by atoms with E-state index >= 15 is 0 Å². The molecule has 2 heterocycles. The van der Waals surface area contributed by atoms with Gasteiger partial charge >= 0.3 is 6.03 Å². The number of hydrogen-bond donors (Lipinski definition) is 1. The Morgan fingerprint density at radius 3 is 2.89 bits per heavy atom. The van der Waals surface area contributed by atoms with Crippen molar-refractivity contribution in [3.8, 4) is 0 Å². The number of hydrogen-bond acceptors (Lipinski definition) is 3. The number of urea groups is 1. The van der Waals surface area contributed by atoms with E-state index in [1.54, 1.807) is 13.3 Å². The van der Waals surface area contributed by atoms with Crippen LogP contribution in [0.4, 0.5) is 4.79 Å². The fourth-order valence-electron chi connectivity index (χ4n) is 2.38. The maximum Gasteiger partial charge on any atom is 0.317 e. The summed E-state index contributed by atoms with van der Waals surface area (Å²) in [6.45, 7) is 3.79. The summed E-state index contributed by atoms with van der Waals surface area (Å²) in [6, 6.07) is 0.0260. The van der Waals surface area contributed by atoms with Gasteiger partial charge in [0.1, 0.15) is 0 Å². The van der Waals surface area contributed by atoms with E-state index in [1.165, 1.54) is 0 Å². The van der Waals surface area contributed by atoms with Crippen LogP contribution in [-0.2, 0) is 11.3 Å². The maximum atomic E-state index is 11.8. The molecule has 2 amide bonds. The van der Waals surface area contributed by atoms with Crippen molar-refractivity contribution in [3.63, 3.8) is 0 Å². The van der Waals surface area contributed by atoms with E-state index in [0.717, 1.165) is 32.5 Å². The van der Waals surface area contributed by atoms with E-state index in [-0.39, 0.29) is 6.03 Å². The van der Waals surface area contributed by atoms with Crippen molar-refractivity contribution in [2.45, 2.75) is 19.4 Å². The summed E-state index contributed by atoms with van der Waals surface area (Å²) in [5.74, 6) is 0.636. The summed E-state index contributed by atoms with van der Waals surface area (Å²) in [5.41, 5.74) is 0. The van der Waals surface area contributed by atoms with E-state index in [9.17, 15) is 4.79 Å². The molecule has 0 aromatic carbocycles. The van der Waals surface area contributed by atoms with Crippen LogP contribution in [0.5, 0.6) is 0 Å². The third-order valence-electron chi connectivity index (χ3n) is 3.51. The van der Waals surface area contributed by atoms with Gasteiger partial charge in [0, 0.05) is 45.7 Å². The van der Waals surface area contributed by atoms with Crippen molar-refractivity contribution >= 4 is 6.03 Å². The molecule has 106 valence electrons. The molecule has 1 aromatic heterocycles. The van der Waals surface area contributed by atoms with Crippen LogP contribution >= 0.6 is 0 Å². The van der Waals surface area contributed by atoms with Crippen molar-refractivity contribution in [2.24, 2.45) is 5.92 Å². The summed E-state index contributed by atoms with van der Waals surface area (Å²) in [6.07, 6.45) is 7.75. The Morgan fingerprint density at radius 1 is 1.47 bits per heavy atom. The highest BCUT2D eigenvalue weighted by atomic mass is 16.5. The lowest BCUT2D eigenvalue weighted by atomic mass is 9.97. The smallest absolute Gasteiger partial charge is 0.317 e. The number of nitrogens with one attached hydrogen (secondary N) is 1. The van der Waals surface area contributed by atoms with Crippen LogP contribution in [0.3, 0.4) is 0 Å². The Balaban J connectivity index is 1.68. The van der Waals surface area contributed by atoms with Crippen molar-refractivity contribution in [1.29, 1.82) is 0 Å². The molecule has 0 radical (unpaired) electrons. The highest BCUT2D eigenvalue weighted by Crippen LogP contribution is 2.18. The molecule has 6 nitrogen and oxygen atoms in total. The molecule has 0 bridgehead atoms. The van der Waals surface area contributed by atoms with Gasteiger partial charge in [0.2, 0.25) is 0 Å². The molecule has 0 saturated carbocycles.